The van der Waals surface area contributed by atoms with Crippen molar-refractivity contribution in [1.82, 2.24) is 5.32 Å². The van der Waals surface area contributed by atoms with E-state index in [0.717, 1.165) is 31.6 Å². The first-order valence-corrected chi connectivity index (χ1v) is 7.23. The molecule has 20 heavy (non-hydrogen) atoms. The third kappa shape index (κ3) is 3.69. The number of halogens is 1. The van der Waals surface area contributed by atoms with Gasteiger partial charge in [-0.25, -0.2) is 0 Å². The van der Waals surface area contributed by atoms with Crippen LogP contribution in [0.15, 0.2) is 18.2 Å². The minimum absolute atomic E-state index is 0.0295. The first kappa shape index (κ1) is 15.2. The summed E-state index contributed by atoms with van der Waals surface area (Å²) in [6, 6.07) is 5.09. The van der Waals surface area contributed by atoms with Crippen molar-refractivity contribution in [3.8, 4) is 0 Å². The van der Waals surface area contributed by atoms with Gasteiger partial charge in [-0.05, 0) is 24.9 Å². The van der Waals surface area contributed by atoms with Crippen molar-refractivity contribution in [3.63, 3.8) is 0 Å². The standard InChI is InChI=1S/C14H19ClN2O3/c1-2-16-14-5-6-20-9-11(14)7-10-3-4-12(17(18)19)8-13(10)15/h3-4,8,11,14,16H,2,5-7,9H2,1H3. The highest BCUT2D eigenvalue weighted by molar-refractivity contribution is 6.31. The highest BCUT2D eigenvalue weighted by Crippen LogP contribution is 2.27. The van der Waals surface area contributed by atoms with E-state index in [0.29, 0.717) is 23.6 Å². The lowest BCUT2D eigenvalue weighted by atomic mass is 9.89. The maximum absolute atomic E-state index is 10.7. The van der Waals surface area contributed by atoms with Gasteiger partial charge in [-0.15, -0.1) is 0 Å². The topological polar surface area (TPSA) is 64.4 Å². The lowest BCUT2D eigenvalue weighted by molar-refractivity contribution is -0.384. The summed E-state index contributed by atoms with van der Waals surface area (Å²) in [5.41, 5.74) is 0.970. The van der Waals surface area contributed by atoms with Crippen molar-refractivity contribution < 1.29 is 9.66 Å². The second-order valence-electron chi connectivity index (χ2n) is 5.02. The van der Waals surface area contributed by atoms with E-state index >= 15 is 0 Å². The third-order valence-electron chi connectivity index (χ3n) is 3.67. The van der Waals surface area contributed by atoms with Crippen molar-refractivity contribution in [2.45, 2.75) is 25.8 Å². The number of benzene rings is 1. The van der Waals surface area contributed by atoms with Crippen LogP contribution in [-0.4, -0.2) is 30.7 Å². The Balaban J connectivity index is 2.09. The molecule has 1 saturated heterocycles. The zero-order chi connectivity index (χ0) is 14.5. The monoisotopic (exact) mass is 298 g/mol. The number of non-ortho nitro benzene ring substituents is 1. The number of ether oxygens (including phenoxy) is 1. The fourth-order valence-corrected chi connectivity index (χ4v) is 2.88. The van der Waals surface area contributed by atoms with Gasteiger partial charge in [-0.3, -0.25) is 10.1 Å². The zero-order valence-corrected chi connectivity index (χ0v) is 12.2. The molecule has 1 aliphatic heterocycles. The molecule has 0 bridgehead atoms. The van der Waals surface area contributed by atoms with E-state index in [-0.39, 0.29) is 5.69 Å². The molecule has 6 heteroatoms. The van der Waals surface area contributed by atoms with E-state index in [1.54, 1.807) is 6.07 Å². The highest BCUT2D eigenvalue weighted by Gasteiger charge is 2.26. The Morgan fingerprint density at radius 2 is 2.35 bits per heavy atom. The summed E-state index contributed by atoms with van der Waals surface area (Å²) in [6.45, 7) is 4.49. The van der Waals surface area contributed by atoms with Crippen LogP contribution in [-0.2, 0) is 11.2 Å². The van der Waals surface area contributed by atoms with E-state index in [9.17, 15) is 10.1 Å². The highest BCUT2D eigenvalue weighted by atomic mass is 35.5. The number of hydrogen-bond acceptors (Lipinski definition) is 4. The molecule has 0 aromatic heterocycles. The first-order valence-electron chi connectivity index (χ1n) is 6.85. The lowest BCUT2D eigenvalue weighted by Gasteiger charge is -2.32. The summed E-state index contributed by atoms with van der Waals surface area (Å²) < 4.78 is 5.54. The Morgan fingerprint density at radius 1 is 1.55 bits per heavy atom. The molecular weight excluding hydrogens is 280 g/mol. The fourth-order valence-electron chi connectivity index (χ4n) is 2.63. The molecular formula is C14H19ClN2O3. The summed E-state index contributed by atoms with van der Waals surface area (Å²) in [5.74, 6) is 0.350. The predicted octanol–water partition coefficient (Wildman–Crippen LogP) is 2.81. The molecule has 1 aliphatic rings. The van der Waals surface area contributed by atoms with Crippen LogP contribution in [0.3, 0.4) is 0 Å². The molecule has 1 aromatic carbocycles. The molecule has 0 spiro atoms. The van der Waals surface area contributed by atoms with Crippen LogP contribution in [0.4, 0.5) is 5.69 Å². The number of nitrogens with one attached hydrogen (secondary N) is 1. The van der Waals surface area contributed by atoms with E-state index < -0.39 is 4.92 Å². The number of rotatable bonds is 5. The fraction of sp³-hybridized carbons (Fsp3) is 0.571. The van der Waals surface area contributed by atoms with E-state index in [1.807, 2.05) is 0 Å². The molecule has 5 nitrogen and oxygen atoms in total. The minimum atomic E-state index is -0.430. The van der Waals surface area contributed by atoms with E-state index in [4.69, 9.17) is 16.3 Å². The van der Waals surface area contributed by atoms with Gasteiger partial charge in [-0.1, -0.05) is 24.6 Å². The van der Waals surface area contributed by atoms with Crippen molar-refractivity contribution in [1.29, 1.82) is 0 Å². The first-order chi connectivity index (χ1) is 9.61. The SMILES string of the molecule is CCNC1CCOCC1Cc1ccc([N+](=O)[O-])cc1Cl. The van der Waals surface area contributed by atoms with Crippen LogP contribution in [0, 0.1) is 16.0 Å². The Kier molecular flexibility index (Phi) is 5.34. The zero-order valence-electron chi connectivity index (χ0n) is 11.5. The van der Waals surface area contributed by atoms with Gasteiger partial charge in [0.1, 0.15) is 0 Å². The Labute approximate surface area is 123 Å². The molecule has 2 rings (SSSR count). The van der Waals surface area contributed by atoms with Gasteiger partial charge in [-0.2, -0.15) is 0 Å². The number of nitrogens with zero attached hydrogens (tertiary/aromatic N) is 1. The van der Waals surface area contributed by atoms with Crippen LogP contribution in [0.25, 0.3) is 0 Å². The molecule has 110 valence electrons. The summed E-state index contributed by atoms with van der Waals surface area (Å²) >= 11 is 6.15. The van der Waals surface area contributed by atoms with Gasteiger partial charge in [0.2, 0.25) is 0 Å². The molecule has 2 unspecified atom stereocenters. The van der Waals surface area contributed by atoms with Crippen LogP contribution in [0.1, 0.15) is 18.9 Å². The Bertz CT molecular complexity index is 479. The number of hydrogen-bond donors (Lipinski definition) is 1. The summed E-state index contributed by atoms with van der Waals surface area (Å²) in [7, 11) is 0. The van der Waals surface area contributed by atoms with Gasteiger partial charge >= 0.3 is 0 Å². The van der Waals surface area contributed by atoms with Crippen molar-refractivity contribution in [3.05, 3.63) is 38.9 Å². The summed E-state index contributed by atoms with van der Waals surface area (Å²) in [6.07, 6.45) is 1.76. The normalized spacial score (nSPS) is 22.7. The van der Waals surface area contributed by atoms with E-state index in [1.165, 1.54) is 12.1 Å². The Hall–Kier alpha value is -1.17. The molecule has 1 fully saturated rings. The summed E-state index contributed by atoms with van der Waals surface area (Å²) in [5, 5.41) is 14.6. The largest absolute Gasteiger partial charge is 0.381 e. The molecule has 1 N–H and O–H groups in total. The predicted molar refractivity (Wildman–Crippen MR) is 78.2 cm³/mol. The van der Waals surface area contributed by atoms with Crippen LogP contribution in [0.5, 0.6) is 0 Å². The van der Waals surface area contributed by atoms with Gasteiger partial charge in [0, 0.05) is 30.7 Å². The van der Waals surface area contributed by atoms with Crippen LogP contribution >= 0.6 is 11.6 Å². The summed E-state index contributed by atoms with van der Waals surface area (Å²) in [4.78, 5) is 10.3. The average Bonchev–Trinajstić information content (AvgIpc) is 2.43. The van der Waals surface area contributed by atoms with Crippen molar-refractivity contribution in [2.75, 3.05) is 19.8 Å². The quantitative estimate of drug-likeness (QED) is 0.670. The number of nitro groups is 1. The molecule has 2 atom stereocenters. The third-order valence-corrected chi connectivity index (χ3v) is 4.02. The second kappa shape index (κ2) is 7.02. The van der Waals surface area contributed by atoms with Crippen molar-refractivity contribution >= 4 is 17.3 Å². The second-order valence-corrected chi connectivity index (χ2v) is 5.43. The van der Waals surface area contributed by atoms with Gasteiger partial charge < -0.3 is 10.1 Å². The minimum Gasteiger partial charge on any atom is -0.381 e. The molecule has 0 aliphatic carbocycles. The van der Waals surface area contributed by atoms with Crippen LogP contribution in [0.2, 0.25) is 5.02 Å². The maximum atomic E-state index is 10.7. The van der Waals surface area contributed by atoms with Gasteiger partial charge in [0.25, 0.3) is 5.69 Å². The molecule has 0 radical (unpaired) electrons. The van der Waals surface area contributed by atoms with Gasteiger partial charge in [0.05, 0.1) is 16.6 Å². The van der Waals surface area contributed by atoms with E-state index in [2.05, 4.69) is 12.2 Å². The van der Waals surface area contributed by atoms with Gasteiger partial charge in [0.15, 0.2) is 0 Å². The van der Waals surface area contributed by atoms with Crippen molar-refractivity contribution in [2.24, 2.45) is 5.92 Å². The molecule has 0 amide bonds. The Morgan fingerprint density at radius 3 is 3.00 bits per heavy atom. The maximum Gasteiger partial charge on any atom is 0.270 e. The molecule has 1 heterocycles. The smallest absolute Gasteiger partial charge is 0.270 e. The van der Waals surface area contributed by atoms with Crippen LogP contribution < -0.4 is 5.32 Å². The molecule has 1 aromatic rings. The molecule has 0 saturated carbocycles. The number of nitro benzene ring substituents is 1. The average molecular weight is 299 g/mol. The lowest BCUT2D eigenvalue weighted by Crippen LogP contribution is -2.43.